The van der Waals surface area contributed by atoms with Crippen LogP contribution in [-0.2, 0) is 0 Å². The minimum Gasteiger partial charge on any atom is -0.497 e. The standard InChI is InChI=1S/C18H12BrN3OS.C16H14BrN3O3S.C15H12ClN3O2S/c19-12-8-9-14-16(10-12)23-22-17(14)21-18(24)20-15-7-3-5-11-4-1-2-6-13(11)15;1-21-12-6-4-10(8-14(12)22-2)18-16(24)19-15-11-5-3-9(17)7-13(11)23-20-15;1-20-11-4-2-3-10(8-11)17-15(22)18-14-12-6-5-9(16)7-13(12)21-19-14/h1-10H,(H2,20,21,22,24);3-8H,1-2H3,(H2,18,19,20,24);2-8H,1H3,(H2,17,18,19,22). The van der Waals surface area contributed by atoms with Gasteiger partial charge in [0.2, 0.25) is 0 Å². The molecule has 70 heavy (non-hydrogen) atoms. The Hall–Kier alpha value is -7.07. The van der Waals surface area contributed by atoms with Crippen LogP contribution in [0.5, 0.6) is 17.2 Å². The van der Waals surface area contributed by atoms with Gasteiger partial charge >= 0.3 is 0 Å². The molecular weight excluding hydrogens is 1100 g/mol. The van der Waals surface area contributed by atoms with Crippen LogP contribution in [-0.4, -0.2) is 52.1 Å². The van der Waals surface area contributed by atoms with Crippen molar-refractivity contribution in [1.29, 1.82) is 0 Å². The second kappa shape index (κ2) is 23.0. The first-order chi connectivity index (χ1) is 34.0. The molecule has 3 heterocycles. The number of nitrogens with zero attached hydrogens (tertiary/aromatic N) is 3. The molecule has 10 rings (SSSR count). The van der Waals surface area contributed by atoms with Crippen molar-refractivity contribution in [3.05, 3.63) is 153 Å². The van der Waals surface area contributed by atoms with Crippen LogP contribution < -0.4 is 46.1 Å². The summed E-state index contributed by atoms with van der Waals surface area (Å²) in [4.78, 5) is 0. The molecule has 0 amide bonds. The van der Waals surface area contributed by atoms with Gasteiger partial charge in [-0.1, -0.05) is 101 Å². The molecule has 6 N–H and O–H groups in total. The van der Waals surface area contributed by atoms with Gasteiger partial charge in [0.15, 0.2) is 61.0 Å². The maximum absolute atomic E-state index is 5.91. The van der Waals surface area contributed by atoms with Crippen molar-refractivity contribution in [2.75, 3.05) is 53.2 Å². The smallest absolute Gasteiger partial charge is 0.183 e. The third kappa shape index (κ3) is 12.4. The highest BCUT2D eigenvalue weighted by Gasteiger charge is 2.14. The maximum atomic E-state index is 5.91. The number of hydrogen-bond donors (Lipinski definition) is 6. The highest BCUT2D eigenvalue weighted by molar-refractivity contribution is 9.10. The van der Waals surface area contributed by atoms with E-state index in [1.165, 1.54) is 0 Å². The predicted molar refractivity (Wildman–Crippen MR) is 298 cm³/mol. The van der Waals surface area contributed by atoms with Crippen molar-refractivity contribution < 1.29 is 27.8 Å². The summed E-state index contributed by atoms with van der Waals surface area (Å²) >= 11 is 28.8. The van der Waals surface area contributed by atoms with E-state index < -0.39 is 0 Å². The average Bonchev–Trinajstić information content (AvgIpc) is 4.07. The molecule has 0 unspecified atom stereocenters. The summed E-state index contributed by atoms with van der Waals surface area (Å²) < 4.78 is 33.3. The molecule has 0 atom stereocenters. The lowest BCUT2D eigenvalue weighted by Crippen LogP contribution is -2.19. The molecule has 0 saturated heterocycles. The fraction of sp³-hybridized carbons (Fsp3) is 0.0612. The highest BCUT2D eigenvalue weighted by atomic mass is 79.9. The first-order valence-electron chi connectivity index (χ1n) is 20.7. The van der Waals surface area contributed by atoms with Gasteiger partial charge in [0.05, 0.1) is 37.5 Å². The molecule has 0 fully saturated rings. The van der Waals surface area contributed by atoms with E-state index >= 15 is 0 Å². The molecule has 15 nitrogen and oxygen atoms in total. The molecule has 0 spiro atoms. The third-order valence-electron chi connectivity index (χ3n) is 10.0. The summed E-state index contributed by atoms with van der Waals surface area (Å²) in [6.45, 7) is 0. The maximum Gasteiger partial charge on any atom is 0.183 e. The Labute approximate surface area is 437 Å². The van der Waals surface area contributed by atoms with Crippen LogP contribution in [0.25, 0.3) is 43.7 Å². The highest BCUT2D eigenvalue weighted by Crippen LogP contribution is 2.32. The molecule has 3 aromatic heterocycles. The van der Waals surface area contributed by atoms with Gasteiger partial charge in [-0.2, -0.15) is 0 Å². The number of methoxy groups -OCH3 is 3. The zero-order valence-electron chi connectivity index (χ0n) is 36.9. The number of anilines is 6. The summed E-state index contributed by atoms with van der Waals surface area (Å²) in [6.07, 6.45) is 0. The molecule has 0 radical (unpaired) electrons. The lowest BCUT2D eigenvalue weighted by atomic mass is 10.1. The monoisotopic (exact) mass is 1140 g/mol. The van der Waals surface area contributed by atoms with Crippen LogP contribution in [0.15, 0.2) is 162 Å². The summed E-state index contributed by atoms with van der Waals surface area (Å²) in [7, 11) is 4.78. The van der Waals surface area contributed by atoms with Crippen LogP contribution in [0.2, 0.25) is 5.02 Å². The van der Waals surface area contributed by atoms with E-state index in [4.69, 9.17) is 76.0 Å². The van der Waals surface area contributed by atoms with Crippen LogP contribution in [0.4, 0.5) is 34.5 Å². The Morgan fingerprint density at radius 3 is 1.57 bits per heavy atom. The minimum atomic E-state index is 0.389. The largest absolute Gasteiger partial charge is 0.497 e. The van der Waals surface area contributed by atoms with Gasteiger partial charge in [0.25, 0.3) is 0 Å². The SMILES string of the molecule is COc1ccc(NC(=S)Nc2noc3cc(Br)ccc23)cc1OC.COc1cccc(NC(=S)Nc2noc3cc(Cl)ccc23)c1.S=C(Nc1cccc2ccccc12)Nc1noc2cc(Br)ccc12. The van der Waals surface area contributed by atoms with Gasteiger partial charge in [-0.25, -0.2) is 0 Å². The number of hydrogen-bond acceptors (Lipinski definition) is 12. The number of thiocarbonyl (C=S) groups is 3. The van der Waals surface area contributed by atoms with Crippen molar-refractivity contribution in [2.45, 2.75) is 0 Å². The van der Waals surface area contributed by atoms with Gasteiger partial charge in [-0.05, 0) is 121 Å². The number of aromatic nitrogens is 3. The van der Waals surface area contributed by atoms with E-state index in [0.717, 1.165) is 58.7 Å². The second-order valence-electron chi connectivity index (χ2n) is 14.6. The van der Waals surface area contributed by atoms with Crippen molar-refractivity contribution in [2.24, 2.45) is 0 Å². The van der Waals surface area contributed by atoms with E-state index in [9.17, 15) is 0 Å². The van der Waals surface area contributed by atoms with Gasteiger partial charge < -0.3 is 59.7 Å². The Morgan fingerprint density at radius 1 is 0.471 bits per heavy atom. The molecule has 0 aliphatic heterocycles. The number of nitrogens with one attached hydrogen (secondary N) is 6. The fourth-order valence-corrected chi connectivity index (χ4v) is 8.23. The lowest BCUT2D eigenvalue weighted by Gasteiger charge is -2.12. The molecule has 10 aromatic rings. The predicted octanol–water partition coefficient (Wildman–Crippen LogP) is 14.3. The molecule has 7 aromatic carbocycles. The number of benzene rings is 7. The summed E-state index contributed by atoms with van der Waals surface area (Å²) in [5, 5.41) is 37.1. The number of rotatable bonds is 9. The Bertz CT molecular complexity index is 3510. The molecular formula is C49H38Br2ClN9O6S3. The Morgan fingerprint density at radius 2 is 0.986 bits per heavy atom. The Balaban J connectivity index is 0.000000141. The van der Waals surface area contributed by atoms with Crippen molar-refractivity contribution in [1.82, 2.24) is 15.5 Å². The molecule has 0 bridgehead atoms. The van der Waals surface area contributed by atoms with Crippen LogP contribution in [0.1, 0.15) is 0 Å². The number of fused-ring (bicyclic) bond motifs is 4. The van der Waals surface area contributed by atoms with E-state index in [1.807, 2.05) is 97.1 Å². The zero-order chi connectivity index (χ0) is 49.1. The molecule has 21 heteroatoms. The summed E-state index contributed by atoms with van der Waals surface area (Å²) in [5.74, 6) is 3.68. The average molecular weight is 1140 g/mol. The molecule has 0 aliphatic carbocycles. The topological polar surface area (TPSA) is 178 Å². The van der Waals surface area contributed by atoms with E-state index in [1.54, 1.807) is 45.6 Å². The molecule has 0 saturated carbocycles. The van der Waals surface area contributed by atoms with Crippen LogP contribution in [0.3, 0.4) is 0 Å². The van der Waals surface area contributed by atoms with Gasteiger partial charge in [-0.3, -0.25) is 0 Å². The first kappa shape index (κ1) is 49.4. The molecule has 354 valence electrons. The van der Waals surface area contributed by atoms with Crippen molar-refractivity contribution >= 4 is 174 Å². The lowest BCUT2D eigenvalue weighted by molar-refractivity contribution is 0.355. The van der Waals surface area contributed by atoms with Gasteiger partial charge in [0, 0.05) is 54.6 Å². The Kier molecular flexibility index (Phi) is 16.2. The van der Waals surface area contributed by atoms with E-state index in [-0.39, 0.29) is 0 Å². The second-order valence-corrected chi connectivity index (χ2v) is 18.1. The fourth-order valence-electron chi connectivity index (χ4n) is 6.75. The number of ether oxygens (including phenoxy) is 3. The third-order valence-corrected chi connectivity index (χ3v) is 11.8. The van der Waals surface area contributed by atoms with E-state index in [0.29, 0.717) is 66.1 Å². The molecule has 0 aliphatic rings. The van der Waals surface area contributed by atoms with Crippen LogP contribution in [0, 0.1) is 0 Å². The zero-order valence-corrected chi connectivity index (χ0v) is 43.3. The van der Waals surface area contributed by atoms with Crippen molar-refractivity contribution in [3.63, 3.8) is 0 Å². The minimum absolute atomic E-state index is 0.389. The number of halogens is 3. The van der Waals surface area contributed by atoms with Gasteiger partial charge in [-0.15, -0.1) is 0 Å². The summed E-state index contributed by atoms with van der Waals surface area (Å²) in [6, 6.07) is 43.8. The van der Waals surface area contributed by atoms with Crippen LogP contribution >= 0.6 is 80.1 Å². The summed E-state index contributed by atoms with van der Waals surface area (Å²) in [5.41, 5.74) is 4.48. The normalized spacial score (nSPS) is 10.6. The quantitative estimate of drug-likeness (QED) is 0.0751. The van der Waals surface area contributed by atoms with Crippen molar-refractivity contribution in [3.8, 4) is 17.2 Å². The van der Waals surface area contributed by atoms with Gasteiger partial charge in [0.1, 0.15) is 5.75 Å². The van der Waals surface area contributed by atoms with E-state index in [2.05, 4.69) is 97.4 Å². The first-order valence-corrected chi connectivity index (χ1v) is 23.9.